The first kappa shape index (κ1) is 12.4. The molecule has 1 unspecified atom stereocenters. The van der Waals surface area contributed by atoms with Crippen LogP contribution >= 0.6 is 0 Å². The van der Waals surface area contributed by atoms with E-state index in [1.165, 1.54) is 0 Å². The van der Waals surface area contributed by atoms with Gasteiger partial charge in [0, 0.05) is 5.56 Å². The second-order valence-corrected chi connectivity index (χ2v) is 3.62. The van der Waals surface area contributed by atoms with E-state index in [1.807, 2.05) is 0 Å². The SMILES string of the molecule is CC(CC(=O)O)c1cc(C(F)F)ccc1O. The molecule has 0 heterocycles. The van der Waals surface area contributed by atoms with Gasteiger partial charge in [0.1, 0.15) is 5.75 Å². The quantitative estimate of drug-likeness (QED) is 0.836. The molecule has 0 fully saturated rings. The average molecular weight is 230 g/mol. The molecule has 1 rings (SSSR count). The molecule has 0 amide bonds. The Morgan fingerprint density at radius 1 is 1.44 bits per heavy atom. The maximum Gasteiger partial charge on any atom is 0.303 e. The summed E-state index contributed by atoms with van der Waals surface area (Å²) in [5.41, 5.74) is 0.0187. The molecule has 16 heavy (non-hydrogen) atoms. The predicted octanol–water partition coefficient (Wildman–Crippen LogP) is 2.91. The van der Waals surface area contributed by atoms with Crippen LogP contribution in [0.5, 0.6) is 5.75 Å². The lowest BCUT2D eigenvalue weighted by atomic mass is 9.95. The fraction of sp³-hybridized carbons (Fsp3) is 0.364. The van der Waals surface area contributed by atoms with Crippen LogP contribution in [0.1, 0.15) is 36.8 Å². The number of aromatic hydroxyl groups is 1. The second kappa shape index (κ2) is 4.92. The zero-order valence-electron chi connectivity index (χ0n) is 8.65. The van der Waals surface area contributed by atoms with Gasteiger partial charge >= 0.3 is 5.97 Å². The fourth-order valence-electron chi connectivity index (χ4n) is 1.48. The summed E-state index contributed by atoms with van der Waals surface area (Å²) in [5, 5.41) is 18.0. The monoisotopic (exact) mass is 230 g/mol. The number of hydrogen-bond donors (Lipinski definition) is 2. The first-order valence-electron chi connectivity index (χ1n) is 4.74. The molecule has 0 saturated carbocycles. The summed E-state index contributed by atoms with van der Waals surface area (Å²) >= 11 is 0. The van der Waals surface area contributed by atoms with E-state index in [0.717, 1.165) is 18.2 Å². The van der Waals surface area contributed by atoms with Crippen LogP contribution in [-0.4, -0.2) is 16.2 Å². The zero-order chi connectivity index (χ0) is 12.3. The van der Waals surface area contributed by atoms with Crippen LogP contribution in [-0.2, 0) is 4.79 Å². The molecule has 0 aliphatic rings. The minimum Gasteiger partial charge on any atom is -0.508 e. The van der Waals surface area contributed by atoms with Crippen molar-refractivity contribution in [2.75, 3.05) is 0 Å². The first-order chi connectivity index (χ1) is 7.41. The Bertz CT molecular complexity index is 391. The van der Waals surface area contributed by atoms with E-state index in [0.29, 0.717) is 0 Å². The highest BCUT2D eigenvalue weighted by Crippen LogP contribution is 2.31. The molecule has 5 heteroatoms. The van der Waals surface area contributed by atoms with Crippen molar-refractivity contribution in [3.05, 3.63) is 29.3 Å². The molecule has 0 saturated heterocycles. The third kappa shape index (κ3) is 2.92. The molecule has 1 aromatic rings. The first-order valence-corrected chi connectivity index (χ1v) is 4.74. The topological polar surface area (TPSA) is 57.5 Å². The highest BCUT2D eigenvalue weighted by Gasteiger charge is 2.17. The Labute approximate surface area is 91.3 Å². The predicted molar refractivity (Wildman–Crippen MR) is 53.7 cm³/mol. The maximum atomic E-state index is 12.4. The minimum atomic E-state index is -2.63. The van der Waals surface area contributed by atoms with Gasteiger partial charge in [-0.05, 0) is 29.7 Å². The van der Waals surface area contributed by atoms with Crippen molar-refractivity contribution in [1.29, 1.82) is 0 Å². The summed E-state index contributed by atoms with van der Waals surface area (Å²) in [4.78, 5) is 10.5. The number of carbonyl (C=O) groups is 1. The van der Waals surface area contributed by atoms with E-state index in [4.69, 9.17) is 5.11 Å². The molecule has 0 aliphatic heterocycles. The molecule has 3 nitrogen and oxygen atoms in total. The minimum absolute atomic E-state index is 0.154. The van der Waals surface area contributed by atoms with Gasteiger partial charge in [-0.15, -0.1) is 0 Å². The van der Waals surface area contributed by atoms with Crippen LogP contribution in [0.2, 0.25) is 0 Å². The molecule has 0 bridgehead atoms. The summed E-state index contributed by atoms with van der Waals surface area (Å²) in [6.07, 6.45) is -2.84. The number of carboxylic acids is 1. The van der Waals surface area contributed by atoms with Gasteiger partial charge < -0.3 is 10.2 Å². The largest absolute Gasteiger partial charge is 0.508 e. The Kier molecular flexibility index (Phi) is 3.82. The number of phenolic OH excluding ortho intramolecular Hbond substituents is 1. The molecule has 0 spiro atoms. The molecular weight excluding hydrogens is 218 g/mol. The molecule has 88 valence electrons. The third-order valence-corrected chi connectivity index (χ3v) is 2.32. The molecule has 1 aromatic carbocycles. The summed E-state index contributed by atoms with van der Waals surface area (Å²) < 4.78 is 24.8. The van der Waals surface area contributed by atoms with Crippen molar-refractivity contribution in [3.8, 4) is 5.75 Å². The number of aliphatic carboxylic acids is 1. The van der Waals surface area contributed by atoms with Gasteiger partial charge in [-0.25, -0.2) is 8.78 Å². The molecule has 0 radical (unpaired) electrons. The van der Waals surface area contributed by atoms with Crippen molar-refractivity contribution >= 4 is 5.97 Å². The third-order valence-electron chi connectivity index (χ3n) is 2.32. The van der Waals surface area contributed by atoms with Crippen LogP contribution in [0, 0.1) is 0 Å². The molecule has 0 aromatic heterocycles. The lowest BCUT2D eigenvalue weighted by Crippen LogP contribution is -2.03. The van der Waals surface area contributed by atoms with E-state index in [-0.39, 0.29) is 23.3 Å². The van der Waals surface area contributed by atoms with Crippen LogP contribution in [0.4, 0.5) is 8.78 Å². The summed E-state index contributed by atoms with van der Waals surface area (Å²) in [5.74, 6) is -1.69. The smallest absolute Gasteiger partial charge is 0.303 e. The number of benzene rings is 1. The average Bonchev–Trinajstić information content (AvgIpc) is 2.16. The standard InChI is InChI=1S/C11H12F2O3/c1-6(4-10(15)16)8-5-7(11(12)13)2-3-9(8)14/h2-3,5-6,11,14H,4H2,1H3,(H,15,16). The van der Waals surface area contributed by atoms with Crippen molar-refractivity contribution < 1.29 is 23.8 Å². The molecule has 0 aliphatic carbocycles. The summed E-state index contributed by atoms with van der Waals surface area (Å²) in [6.45, 7) is 1.57. The van der Waals surface area contributed by atoms with Gasteiger partial charge in [-0.2, -0.15) is 0 Å². The van der Waals surface area contributed by atoms with Gasteiger partial charge in [0.15, 0.2) is 0 Å². The Morgan fingerprint density at radius 2 is 2.06 bits per heavy atom. The number of alkyl halides is 2. The van der Waals surface area contributed by atoms with Crippen molar-refractivity contribution in [3.63, 3.8) is 0 Å². The number of phenols is 1. The van der Waals surface area contributed by atoms with E-state index in [2.05, 4.69) is 0 Å². The van der Waals surface area contributed by atoms with Crippen molar-refractivity contribution in [2.45, 2.75) is 25.7 Å². The zero-order valence-corrected chi connectivity index (χ0v) is 8.65. The molecule has 2 N–H and O–H groups in total. The second-order valence-electron chi connectivity index (χ2n) is 3.62. The number of carboxylic acid groups (broad SMARTS) is 1. The molecular formula is C11H12F2O3. The lowest BCUT2D eigenvalue weighted by molar-refractivity contribution is -0.137. The normalized spacial score (nSPS) is 12.8. The van der Waals surface area contributed by atoms with E-state index in [9.17, 15) is 18.7 Å². The Balaban J connectivity index is 3.01. The number of hydrogen-bond acceptors (Lipinski definition) is 2. The van der Waals surface area contributed by atoms with Crippen LogP contribution in [0.25, 0.3) is 0 Å². The van der Waals surface area contributed by atoms with E-state index < -0.39 is 18.3 Å². The van der Waals surface area contributed by atoms with Gasteiger partial charge in [0.25, 0.3) is 6.43 Å². The van der Waals surface area contributed by atoms with Crippen LogP contribution in [0.3, 0.4) is 0 Å². The fourth-order valence-corrected chi connectivity index (χ4v) is 1.48. The summed E-state index contributed by atoms with van der Waals surface area (Å²) in [6, 6.07) is 3.43. The van der Waals surface area contributed by atoms with Gasteiger partial charge in [0.05, 0.1) is 6.42 Å². The number of rotatable bonds is 4. The van der Waals surface area contributed by atoms with Gasteiger partial charge in [-0.1, -0.05) is 6.92 Å². The molecule has 1 atom stereocenters. The van der Waals surface area contributed by atoms with Gasteiger partial charge in [-0.3, -0.25) is 4.79 Å². The summed E-state index contributed by atoms with van der Waals surface area (Å²) in [7, 11) is 0. The van der Waals surface area contributed by atoms with E-state index in [1.54, 1.807) is 6.92 Å². The Hall–Kier alpha value is -1.65. The highest BCUT2D eigenvalue weighted by molar-refractivity contribution is 5.68. The lowest BCUT2D eigenvalue weighted by Gasteiger charge is -2.12. The van der Waals surface area contributed by atoms with Crippen molar-refractivity contribution in [1.82, 2.24) is 0 Å². The van der Waals surface area contributed by atoms with Gasteiger partial charge in [0.2, 0.25) is 0 Å². The number of halogens is 2. The Morgan fingerprint density at radius 3 is 2.56 bits per heavy atom. The van der Waals surface area contributed by atoms with E-state index >= 15 is 0 Å². The highest BCUT2D eigenvalue weighted by atomic mass is 19.3. The van der Waals surface area contributed by atoms with Crippen LogP contribution in [0.15, 0.2) is 18.2 Å². The van der Waals surface area contributed by atoms with Crippen molar-refractivity contribution in [2.24, 2.45) is 0 Å². The maximum absolute atomic E-state index is 12.4. The van der Waals surface area contributed by atoms with Crippen LogP contribution < -0.4 is 0 Å².